The molecule has 0 atom stereocenters. The maximum atomic E-state index is 12.6. The highest BCUT2D eigenvalue weighted by Gasteiger charge is 2.30. The summed E-state index contributed by atoms with van der Waals surface area (Å²) in [6.07, 6.45) is 4.59. The van der Waals surface area contributed by atoms with E-state index in [1.54, 1.807) is 24.0 Å². The van der Waals surface area contributed by atoms with Gasteiger partial charge in [0.05, 0.1) is 30.2 Å². The van der Waals surface area contributed by atoms with Crippen LogP contribution in [0.4, 0.5) is 17.2 Å². The van der Waals surface area contributed by atoms with Crippen molar-refractivity contribution < 1.29 is 18.4 Å². The Kier molecular flexibility index (Phi) is 3.92. The third kappa shape index (κ3) is 3.58. The first-order valence-corrected chi connectivity index (χ1v) is 9.05. The Labute approximate surface area is 171 Å². The summed E-state index contributed by atoms with van der Waals surface area (Å²) >= 11 is 0. The van der Waals surface area contributed by atoms with Crippen LogP contribution >= 0.6 is 0 Å². The van der Waals surface area contributed by atoms with Gasteiger partial charge in [0.2, 0.25) is 5.91 Å². The second kappa shape index (κ2) is 7.42. The fraction of sp³-hybridized carbons (Fsp3) is 0.300. The lowest BCUT2D eigenvalue weighted by Crippen LogP contribution is -2.20. The Morgan fingerprint density at radius 2 is 2.10 bits per heavy atom. The molecule has 0 saturated heterocycles. The first-order valence-electron chi connectivity index (χ1n) is 10.6. The van der Waals surface area contributed by atoms with E-state index < -0.39 is 12.9 Å². The zero-order chi connectivity index (χ0) is 23.0. The maximum absolute atomic E-state index is 12.6. The van der Waals surface area contributed by atoms with Crippen molar-refractivity contribution in [3.8, 4) is 5.75 Å². The van der Waals surface area contributed by atoms with Crippen molar-refractivity contribution in [2.75, 3.05) is 24.7 Å². The molecule has 1 aliphatic rings. The van der Waals surface area contributed by atoms with Crippen molar-refractivity contribution in [3.05, 3.63) is 36.2 Å². The number of ether oxygens (including phenoxy) is 1. The molecule has 1 fully saturated rings. The molecule has 150 valence electrons. The van der Waals surface area contributed by atoms with Gasteiger partial charge in [-0.1, -0.05) is 0 Å². The number of anilines is 3. The van der Waals surface area contributed by atoms with Crippen molar-refractivity contribution in [2.24, 2.45) is 13.0 Å². The van der Waals surface area contributed by atoms with Crippen molar-refractivity contribution in [3.63, 3.8) is 0 Å². The summed E-state index contributed by atoms with van der Waals surface area (Å²) in [4.78, 5) is 28.9. The van der Waals surface area contributed by atoms with Gasteiger partial charge < -0.3 is 20.7 Å². The molecule has 9 heteroatoms. The fourth-order valence-electron chi connectivity index (χ4n) is 3.13. The number of rotatable bonds is 6. The molecule has 0 aliphatic heterocycles. The van der Waals surface area contributed by atoms with Gasteiger partial charge in [-0.25, -0.2) is 4.98 Å². The molecule has 1 aromatic carbocycles. The predicted molar refractivity (Wildman–Crippen MR) is 110 cm³/mol. The van der Waals surface area contributed by atoms with Crippen LogP contribution in [-0.4, -0.2) is 40.7 Å². The van der Waals surface area contributed by atoms with Crippen LogP contribution in [0.5, 0.6) is 5.75 Å². The summed E-state index contributed by atoms with van der Waals surface area (Å²) in [5, 5.41) is 12.9. The maximum Gasteiger partial charge on any atom is 0.254 e. The highest BCUT2D eigenvalue weighted by molar-refractivity contribution is 6.02. The van der Waals surface area contributed by atoms with Crippen LogP contribution in [0.15, 0.2) is 30.6 Å². The minimum atomic E-state index is -2.67. The highest BCUT2D eigenvalue weighted by Crippen LogP contribution is 2.36. The van der Waals surface area contributed by atoms with Gasteiger partial charge in [-0.05, 0) is 25.0 Å². The molecule has 3 aromatic rings. The molecule has 9 nitrogen and oxygen atoms in total. The predicted octanol–water partition coefficient (Wildman–Crippen LogP) is 2.43. The van der Waals surface area contributed by atoms with E-state index >= 15 is 0 Å². The number of hydrogen-bond acceptors (Lipinski definition) is 6. The molecule has 1 aliphatic carbocycles. The van der Waals surface area contributed by atoms with E-state index in [0.717, 1.165) is 23.7 Å². The van der Waals surface area contributed by atoms with E-state index in [0.29, 0.717) is 11.4 Å². The minimum Gasteiger partial charge on any atom is -0.492 e. The van der Waals surface area contributed by atoms with Gasteiger partial charge in [0.1, 0.15) is 11.3 Å². The topological polar surface area (TPSA) is 110 Å². The number of fused-ring (bicyclic) bond motifs is 1. The number of aryl methyl sites for hydroxylation is 1. The number of nitrogens with one attached hydrogen (secondary N) is 3. The van der Waals surface area contributed by atoms with Crippen LogP contribution < -0.4 is 20.7 Å². The van der Waals surface area contributed by atoms with Crippen LogP contribution in [-0.2, 0) is 11.8 Å². The van der Waals surface area contributed by atoms with Crippen LogP contribution in [0.25, 0.3) is 10.9 Å². The number of pyridine rings is 1. The Hall–Kier alpha value is -3.62. The third-order valence-corrected chi connectivity index (χ3v) is 4.79. The van der Waals surface area contributed by atoms with Gasteiger partial charge >= 0.3 is 0 Å². The van der Waals surface area contributed by atoms with Gasteiger partial charge in [-0.2, -0.15) is 5.10 Å². The van der Waals surface area contributed by atoms with E-state index in [1.165, 1.54) is 19.4 Å². The van der Waals surface area contributed by atoms with E-state index in [1.807, 2.05) is 11.4 Å². The van der Waals surface area contributed by atoms with Crippen molar-refractivity contribution in [1.82, 2.24) is 20.1 Å². The molecule has 0 spiro atoms. The van der Waals surface area contributed by atoms with Gasteiger partial charge in [0.15, 0.2) is 5.75 Å². The number of methoxy groups -OCH3 is 1. The van der Waals surface area contributed by atoms with Crippen molar-refractivity contribution in [2.45, 2.75) is 12.8 Å². The molecule has 1 saturated carbocycles. The third-order valence-electron chi connectivity index (χ3n) is 4.79. The van der Waals surface area contributed by atoms with Gasteiger partial charge in [0.25, 0.3) is 5.91 Å². The summed E-state index contributed by atoms with van der Waals surface area (Å²) in [6, 6.07) is 5.09. The number of aromatic nitrogens is 3. The zero-order valence-corrected chi connectivity index (χ0v) is 15.9. The van der Waals surface area contributed by atoms with E-state index in [4.69, 9.17) is 8.85 Å². The fourth-order valence-corrected chi connectivity index (χ4v) is 3.13. The molecule has 3 N–H and O–H groups in total. The number of carbonyl (C=O) groups is 2. The second-order valence-electron chi connectivity index (χ2n) is 6.81. The van der Waals surface area contributed by atoms with Crippen LogP contribution in [0.2, 0.25) is 0 Å². The lowest BCUT2D eigenvalue weighted by Gasteiger charge is -2.16. The molecule has 2 amide bonds. The number of hydrogen-bond donors (Lipinski definition) is 3. The number of amides is 2. The second-order valence-corrected chi connectivity index (χ2v) is 6.81. The monoisotopic (exact) mass is 397 g/mol. The lowest BCUT2D eigenvalue weighted by atomic mass is 10.1. The number of nitrogens with zero attached hydrogens (tertiary/aromatic N) is 3. The van der Waals surface area contributed by atoms with Crippen molar-refractivity contribution in [1.29, 1.82) is 0 Å². The van der Waals surface area contributed by atoms with Crippen LogP contribution in [0.3, 0.4) is 0 Å². The largest absolute Gasteiger partial charge is 0.492 e. The van der Waals surface area contributed by atoms with Gasteiger partial charge in [-0.3, -0.25) is 14.3 Å². The summed E-state index contributed by atoms with van der Waals surface area (Å²) in [5.41, 5.74) is 1.52. The molecule has 4 rings (SSSR count). The number of carbonyl (C=O) groups excluding carboxylic acids is 2. The van der Waals surface area contributed by atoms with Crippen molar-refractivity contribution >= 4 is 39.9 Å². The Balaban J connectivity index is 1.74. The first-order chi connectivity index (χ1) is 15.2. The molecule has 0 unspecified atom stereocenters. The Morgan fingerprint density at radius 3 is 2.83 bits per heavy atom. The average Bonchev–Trinajstić information content (AvgIpc) is 3.50. The molecule has 29 heavy (non-hydrogen) atoms. The molecule has 0 bridgehead atoms. The van der Waals surface area contributed by atoms with E-state index in [-0.39, 0.29) is 28.9 Å². The smallest absolute Gasteiger partial charge is 0.254 e. The molecular weight excluding hydrogens is 372 g/mol. The summed E-state index contributed by atoms with van der Waals surface area (Å²) < 4.78 is 29.2. The standard InChI is InChI=1S/C20H22N6O3/c1-21-20(28)13-10-22-16(25-19(27)11-4-5-11)8-15(13)24-14-7-6-12-9-23-26(2)17(12)18(14)29-3/h6-11H,4-5H2,1-3H3,(H,21,28)(H2,22,24,25,27)/i1D3. The summed E-state index contributed by atoms with van der Waals surface area (Å²) in [6.45, 7) is -2.67. The minimum absolute atomic E-state index is 0.00213. The summed E-state index contributed by atoms with van der Waals surface area (Å²) in [7, 11) is 3.30. The SMILES string of the molecule is [2H]C([2H])([2H])NC(=O)c1cnc(NC(=O)C2CC2)cc1Nc1ccc2cnn(C)c2c1OC. The molecule has 2 aromatic heterocycles. The zero-order valence-electron chi connectivity index (χ0n) is 18.9. The lowest BCUT2D eigenvalue weighted by molar-refractivity contribution is -0.117. The Bertz CT molecular complexity index is 1200. The van der Waals surface area contributed by atoms with E-state index in [2.05, 4.69) is 20.7 Å². The Morgan fingerprint density at radius 1 is 1.28 bits per heavy atom. The number of benzene rings is 1. The van der Waals surface area contributed by atoms with Gasteiger partial charge in [0, 0.05) is 41.7 Å². The van der Waals surface area contributed by atoms with Crippen LogP contribution in [0.1, 0.15) is 27.3 Å². The quantitative estimate of drug-likeness (QED) is 0.589. The normalized spacial score (nSPS) is 15.2. The highest BCUT2D eigenvalue weighted by atomic mass is 16.5. The molecular formula is C20H22N6O3. The first kappa shape index (κ1) is 15.3. The van der Waals surface area contributed by atoms with Gasteiger partial charge in [-0.15, -0.1) is 0 Å². The average molecular weight is 397 g/mol. The molecule has 0 radical (unpaired) electrons. The summed E-state index contributed by atoms with van der Waals surface area (Å²) in [5.74, 6) is -0.266. The molecule has 2 heterocycles. The van der Waals surface area contributed by atoms with Crippen LogP contribution in [0, 0.1) is 5.92 Å². The van der Waals surface area contributed by atoms with E-state index in [9.17, 15) is 9.59 Å².